The molecular formula is C13H14ClFN2O3. The highest BCUT2D eigenvalue weighted by Gasteiger charge is 2.40. The maximum atomic E-state index is 13.7. The summed E-state index contributed by atoms with van der Waals surface area (Å²) in [7, 11) is 0. The van der Waals surface area contributed by atoms with Crippen molar-refractivity contribution >= 4 is 23.4 Å². The number of carbonyl (C=O) groups is 2. The first-order valence-electron chi connectivity index (χ1n) is 6.11. The molecule has 1 aromatic carbocycles. The van der Waals surface area contributed by atoms with Crippen LogP contribution in [0.3, 0.4) is 0 Å². The fourth-order valence-electron chi connectivity index (χ4n) is 2.27. The summed E-state index contributed by atoms with van der Waals surface area (Å²) in [5.74, 6) is -2.29. The van der Waals surface area contributed by atoms with E-state index in [2.05, 4.69) is 0 Å². The number of carbonyl (C=O) groups excluding carboxylic acids is 2. The second-order valence-electron chi connectivity index (χ2n) is 4.82. The molecule has 3 N–H and O–H groups in total. The molecule has 5 nitrogen and oxygen atoms in total. The Labute approximate surface area is 120 Å². The molecule has 0 saturated carbocycles. The second-order valence-corrected chi connectivity index (χ2v) is 5.23. The molecule has 1 heterocycles. The molecule has 0 bridgehead atoms. The summed E-state index contributed by atoms with van der Waals surface area (Å²) in [5.41, 5.74) is 3.10. The summed E-state index contributed by atoms with van der Waals surface area (Å²) < 4.78 is 13.7. The molecule has 1 aromatic rings. The van der Waals surface area contributed by atoms with Crippen LogP contribution in [0, 0.1) is 5.82 Å². The molecule has 108 valence electrons. The van der Waals surface area contributed by atoms with Crippen LogP contribution in [0.1, 0.15) is 23.2 Å². The van der Waals surface area contributed by atoms with Gasteiger partial charge in [-0.15, -0.1) is 0 Å². The molecule has 1 atom stereocenters. The summed E-state index contributed by atoms with van der Waals surface area (Å²) in [6.07, 6.45) is 0.578. The molecule has 2 amide bonds. The van der Waals surface area contributed by atoms with Crippen molar-refractivity contribution in [3.8, 4) is 0 Å². The molecule has 0 aromatic heterocycles. The van der Waals surface area contributed by atoms with Crippen molar-refractivity contribution in [3.63, 3.8) is 0 Å². The second kappa shape index (κ2) is 5.38. The Kier molecular flexibility index (Phi) is 3.96. The van der Waals surface area contributed by atoms with Gasteiger partial charge in [-0.3, -0.25) is 9.59 Å². The molecule has 0 aliphatic carbocycles. The molecule has 1 aliphatic rings. The fraction of sp³-hybridized carbons (Fsp3) is 0.385. The van der Waals surface area contributed by atoms with Gasteiger partial charge in [-0.2, -0.15) is 0 Å². The monoisotopic (exact) mass is 300 g/mol. The quantitative estimate of drug-likeness (QED) is 0.852. The zero-order chi connectivity index (χ0) is 14.9. The van der Waals surface area contributed by atoms with Gasteiger partial charge in [-0.1, -0.05) is 17.7 Å². The average molecular weight is 301 g/mol. The molecular weight excluding hydrogens is 287 g/mol. The summed E-state index contributed by atoms with van der Waals surface area (Å²) in [6.45, 7) is 0.0465. The number of amides is 2. The Morgan fingerprint density at radius 2 is 2.15 bits per heavy atom. The number of aliphatic hydroxyl groups is 1. The number of benzene rings is 1. The van der Waals surface area contributed by atoms with E-state index < -0.39 is 23.2 Å². The summed E-state index contributed by atoms with van der Waals surface area (Å²) in [6, 6.07) is 3.93. The highest BCUT2D eigenvalue weighted by Crippen LogP contribution is 2.26. The molecule has 2 rings (SSSR count). The number of β-amino-alcohol motifs (C(OH)–C–C–N with tert-alkyl or cyclic N) is 1. The number of rotatable bonds is 2. The van der Waals surface area contributed by atoms with Crippen LogP contribution in [0.15, 0.2) is 18.2 Å². The third-order valence-corrected chi connectivity index (χ3v) is 3.71. The van der Waals surface area contributed by atoms with E-state index in [0.29, 0.717) is 13.0 Å². The normalized spacial score (nSPS) is 22.6. The van der Waals surface area contributed by atoms with E-state index in [9.17, 15) is 19.1 Å². The van der Waals surface area contributed by atoms with Crippen LogP contribution >= 0.6 is 11.6 Å². The molecule has 0 unspecified atom stereocenters. The van der Waals surface area contributed by atoms with Crippen molar-refractivity contribution in [1.82, 2.24) is 4.90 Å². The lowest BCUT2D eigenvalue weighted by Crippen LogP contribution is -2.57. The Bertz CT molecular complexity index is 546. The number of likely N-dealkylation sites (tertiary alicyclic amines) is 1. The summed E-state index contributed by atoms with van der Waals surface area (Å²) >= 11 is 5.84. The molecule has 7 heteroatoms. The maximum absolute atomic E-state index is 13.7. The topological polar surface area (TPSA) is 83.6 Å². The minimum atomic E-state index is -1.77. The van der Waals surface area contributed by atoms with Crippen LogP contribution in [0.25, 0.3) is 0 Å². The van der Waals surface area contributed by atoms with E-state index in [-0.39, 0.29) is 23.6 Å². The zero-order valence-electron chi connectivity index (χ0n) is 10.6. The highest BCUT2D eigenvalue weighted by atomic mass is 35.5. The van der Waals surface area contributed by atoms with E-state index in [0.717, 1.165) is 6.07 Å². The van der Waals surface area contributed by atoms with E-state index in [1.54, 1.807) is 0 Å². The lowest BCUT2D eigenvalue weighted by molar-refractivity contribution is -0.140. The van der Waals surface area contributed by atoms with Gasteiger partial charge in [0.15, 0.2) is 5.60 Å². The smallest absolute Gasteiger partial charge is 0.258 e. The van der Waals surface area contributed by atoms with Gasteiger partial charge in [-0.05, 0) is 25.0 Å². The van der Waals surface area contributed by atoms with Crippen LogP contribution < -0.4 is 5.73 Å². The van der Waals surface area contributed by atoms with Crippen molar-refractivity contribution in [2.75, 3.05) is 13.1 Å². The standard InChI is InChI=1S/C13H14ClFN2O3/c14-8-3-1-4-9(15)10(8)11(18)17-6-2-5-13(20,7-17)12(16)19/h1,3-4,20H,2,5-7H2,(H2,16,19)/t13-/m1/s1. The first kappa shape index (κ1) is 14.7. The zero-order valence-corrected chi connectivity index (χ0v) is 11.4. The van der Waals surface area contributed by atoms with Crippen molar-refractivity contribution < 1.29 is 19.1 Å². The van der Waals surface area contributed by atoms with Crippen LogP contribution in [-0.4, -0.2) is 40.5 Å². The molecule has 0 spiro atoms. The molecule has 1 fully saturated rings. The van der Waals surface area contributed by atoms with Crippen molar-refractivity contribution in [2.45, 2.75) is 18.4 Å². The fourth-order valence-corrected chi connectivity index (χ4v) is 2.51. The predicted molar refractivity (Wildman–Crippen MR) is 70.7 cm³/mol. The van der Waals surface area contributed by atoms with Crippen LogP contribution in [0.2, 0.25) is 5.02 Å². The van der Waals surface area contributed by atoms with E-state index in [1.807, 2.05) is 0 Å². The van der Waals surface area contributed by atoms with Crippen LogP contribution in [0.4, 0.5) is 4.39 Å². The molecule has 1 saturated heterocycles. The molecule has 0 radical (unpaired) electrons. The lowest BCUT2D eigenvalue weighted by atomic mass is 9.92. The number of hydrogen-bond donors (Lipinski definition) is 2. The minimum absolute atomic E-state index is 0.0109. The van der Waals surface area contributed by atoms with Gasteiger partial charge in [0.2, 0.25) is 0 Å². The molecule has 1 aliphatic heterocycles. The van der Waals surface area contributed by atoms with E-state index in [4.69, 9.17) is 17.3 Å². The third kappa shape index (κ3) is 2.62. The number of halogens is 2. The summed E-state index contributed by atoms with van der Waals surface area (Å²) in [4.78, 5) is 24.7. The van der Waals surface area contributed by atoms with E-state index >= 15 is 0 Å². The first-order chi connectivity index (χ1) is 9.35. The number of hydrogen-bond acceptors (Lipinski definition) is 3. The van der Waals surface area contributed by atoms with Gasteiger partial charge in [0.1, 0.15) is 5.82 Å². The Morgan fingerprint density at radius 1 is 1.45 bits per heavy atom. The number of piperidine rings is 1. The largest absolute Gasteiger partial charge is 0.378 e. The van der Waals surface area contributed by atoms with Crippen LogP contribution in [0.5, 0.6) is 0 Å². The Hall–Kier alpha value is -1.66. The molecule has 20 heavy (non-hydrogen) atoms. The third-order valence-electron chi connectivity index (χ3n) is 3.39. The Morgan fingerprint density at radius 3 is 2.75 bits per heavy atom. The summed E-state index contributed by atoms with van der Waals surface area (Å²) in [5, 5.41) is 10.0. The SMILES string of the molecule is NC(=O)[C@@]1(O)CCCN(C(=O)c2c(F)cccc2Cl)C1. The average Bonchev–Trinajstić information content (AvgIpc) is 2.38. The number of primary amides is 1. The lowest BCUT2D eigenvalue weighted by Gasteiger charge is -2.37. The highest BCUT2D eigenvalue weighted by molar-refractivity contribution is 6.33. The van der Waals surface area contributed by atoms with Gasteiger partial charge in [0.25, 0.3) is 11.8 Å². The minimum Gasteiger partial charge on any atom is -0.378 e. The first-order valence-corrected chi connectivity index (χ1v) is 6.48. The van der Waals surface area contributed by atoms with Gasteiger partial charge in [0.05, 0.1) is 17.1 Å². The van der Waals surface area contributed by atoms with E-state index in [1.165, 1.54) is 17.0 Å². The number of nitrogens with two attached hydrogens (primary N) is 1. The van der Waals surface area contributed by atoms with Gasteiger partial charge in [0, 0.05) is 6.54 Å². The van der Waals surface area contributed by atoms with Crippen LogP contribution in [-0.2, 0) is 4.79 Å². The van der Waals surface area contributed by atoms with Crippen molar-refractivity contribution in [2.24, 2.45) is 5.73 Å². The Balaban J connectivity index is 2.28. The number of nitrogens with zero attached hydrogens (tertiary/aromatic N) is 1. The van der Waals surface area contributed by atoms with Gasteiger partial charge >= 0.3 is 0 Å². The van der Waals surface area contributed by atoms with Gasteiger partial charge in [-0.25, -0.2) is 4.39 Å². The predicted octanol–water partition coefficient (Wildman–Crippen LogP) is 0.931. The van der Waals surface area contributed by atoms with Crippen molar-refractivity contribution in [1.29, 1.82) is 0 Å². The van der Waals surface area contributed by atoms with Crippen molar-refractivity contribution in [3.05, 3.63) is 34.6 Å². The van der Waals surface area contributed by atoms with Gasteiger partial charge < -0.3 is 15.7 Å². The maximum Gasteiger partial charge on any atom is 0.258 e.